The predicted octanol–water partition coefficient (Wildman–Crippen LogP) is 3.08. The van der Waals surface area contributed by atoms with Crippen molar-refractivity contribution in [1.82, 2.24) is 10.3 Å². The minimum atomic E-state index is -0.732. The Morgan fingerprint density at radius 2 is 1.97 bits per heavy atom. The van der Waals surface area contributed by atoms with Crippen molar-refractivity contribution in [3.63, 3.8) is 0 Å². The van der Waals surface area contributed by atoms with Crippen molar-refractivity contribution in [2.24, 2.45) is 0 Å². The normalized spacial score (nSPS) is 15.6. The number of amides is 2. The fraction of sp³-hybridized carbons (Fsp3) is 0.318. The molecule has 2 heterocycles. The third kappa shape index (κ3) is 4.08. The molecule has 2 aromatic carbocycles. The molecule has 7 heteroatoms. The van der Waals surface area contributed by atoms with Gasteiger partial charge in [0.25, 0.3) is 5.91 Å². The molecular formula is C22H23N3O4. The molecule has 1 aliphatic rings. The van der Waals surface area contributed by atoms with Crippen LogP contribution in [0, 0.1) is 0 Å². The molecule has 1 atom stereocenters. The highest BCUT2D eigenvalue weighted by molar-refractivity contribution is 5.97. The molecule has 0 radical (unpaired) electrons. The maximum Gasteiger partial charge on any atom is 0.262 e. The van der Waals surface area contributed by atoms with E-state index in [4.69, 9.17) is 9.15 Å². The summed E-state index contributed by atoms with van der Waals surface area (Å²) in [7, 11) is 0. The number of anilines is 1. The molecule has 0 bridgehead atoms. The molecule has 2 amide bonds. The summed E-state index contributed by atoms with van der Waals surface area (Å²) in [5, 5.41) is 2.84. The number of carbonyl (C=O) groups excluding carboxylic acids is 2. The Morgan fingerprint density at radius 1 is 1.17 bits per heavy atom. The van der Waals surface area contributed by atoms with Gasteiger partial charge >= 0.3 is 0 Å². The van der Waals surface area contributed by atoms with Gasteiger partial charge in [-0.25, -0.2) is 4.98 Å². The lowest BCUT2D eigenvalue weighted by Gasteiger charge is -2.34. The van der Waals surface area contributed by atoms with Crippen LogP contribution in [0.3, 0.4) is 0 Å². The van der Waals surface area contributed by atoms with Gasteiger partial charge in [-0.3, -0.25) is 9.59 Å². The molecule has 150 valence electrons. The van der Waals surface area contributed by atoms with Crippen LogP contribution in [-0.2, 0) is 16.0 Å². The van der Waals surface area contributed by atoms with Crippen LogP contribution in [0.5, 0.6) is 5.75 Å². The first-order chi connectivity index (χ1) is 14.2. The summed E-state index contributed by atoms with van der Waals surface area (Å²) >= 11 is 0. The van der Waals surface area contributed by atoms with Crippen molar-refractivity contribution in [2.45, 2.75) is 32.3 Å². The van der Waals surface area contributed by atoms with Gasteiger partial charge < -0.3 is 19.4 Å². The molecule has 0 spiro atoms. The molecule has 0 saturated heterocycles. The van der Waals surface area contributed by atoms with Crippen molar-refractivity contribution < 1.29 is 18.7 Å². The predicted molar refractivity (Wildman–Crippen MR) is 109 cm³/mol. The maximum absolute atomic E-state index is 13.0. The summed E-state index contributed by atoms with van der Waals surface area (Å²) in [5.74, 6) is 0.748. The number of hydrogen-bond acceptors (Lipinski definition) is 5. The Kier molecular flexibility index (Phi) is 5.46. The third-order valence-electron chi connectivity index (χ3n) is 4.81. The molecule has 4 rings (SSSR count). The zero-order chi connectivity index (χ0) is 20.2. The second kappa shape index (κ2) is 8.34. The van der Waals surface area contributed by atoms with Crippen LogP contribution in [0.4, 0.5) is 5.69 Å². The van der Waals surface area contributed by atoms with Crippen molar-refractivity contribution >= 4 is 28.6 Å². The van der Waals surface area contributed by atoms with Crippen LogP contribution in [0.25, 0.3) is 11.1 Å². The van der Waals surface area contributed by atoms with Gasteiger partial charge in [-0.1, -0.05) is 31.2 Å². The molecular weight excluding hydrogens is 370 g/mol. The monoisotopic (exact) mass is 393 g/mol. The molecule has 3 aromatic rings. The standard InChI is InChI=1S/C22H23N3O4/c1-2-13-23-22(27)19-14-25(16-8-4-6-10-18(16)28-19)21(26)12-11-20-24-15-7-3-5-9-17(15)29-20/h3-10,19H,2,11-14H2,1H3,(H,23,27)/t19-/m0/s1. The van der Waals surface area contributed by atoms with E-state index in [-0.39, 0.29) is 24.8 Å². The fourth-order valence-corrected chi connectivity index (χ4v) is 3.34. The number of nitrogens with zero attached hydrogens (tertiary/aromatic N) is 2. The Morgan fingerprint density at radius 3 is 2.79 bits per heavy atom. The van der Waals surface area contributed by atoms with Gasteiger partial charge in [-0.05, 0) is 30.7 Å². The topological polar surface area (TPSA) is 84.7 Å². The number of aromatic nitrogens is 1. The van der Waals surface area contributed by atoms with Crippen molar-refractivity contribution in [3.05, 3.63) is 54.4 Å². The van der Waals surface area contributed by atoms with Gasteiger partial charge in [0.2, 0.25) is 5.91 Å². The number of aryl methyl sites for hydroxylation is 1. The molecule has 1 aromatic heterocycles. The Hall–Kier alpha value is -3.35. The number of rotatable bonds is 6. The van der Waals surface area contributed by atoms with Crippen LogP contribution in [0.15, 0.2) is 52.9 Å². The summed E-state index contributed by atoms with van der Waals surface area (Å²) < 4.78 is 11.5. The number of benzene rings is 2. The van der Waals surface area contributed by atoms with Crippen LogP contribution < -0.4 is 15.0 Å². The number of fused-ring (bicyclic) bond motifs is 2. The zero-order valence-electron chi connectivity index (χ0n) is 16.3. The van der Waals surface area contributed by atoms with Crippen LogP contribution in [0.1, 0.15) is 25.7 Å². The largest absolute Gasteiger partial charge is 0.477 e. The SMILES string of the molecule is CCCNC(=O)[C@@H]1CN(C(=O)CCc2nc3ccccc3o2)c2ccccc2O1. The smallest absolute Gasteiger partial charge is 0.262 e. The van der Waals surface area contributed by atoms with Crippen LogP contribution in [0.2, 0.25) is 0 Å². The zero-order valence-corrected chi connectivity index (χ0v) is 16.3. The average Bonchev–Trinajstić information content (AvgIpc) is 3.18. The second-order valence-corrected chi connectivity index (χ2v) is 6.94. The van der Waals surface area contributed by atoms with E-state index in [9.17, 15) is 9.59 Å². The van der Waals surface area contributed by atoms with Gasteiger partial charge in [-0.15, -0.1) is 0 Å². The minimum Gasteiger partial charge on any atom is -0.477 e. The molecule has 1 aliphatic heterocycles. The number of carbonyl (C=O) groups is 2. The number of ether oxygens (including phenoxy) is 1. The summed E-state index contributed by atoms with van der Waals surface area (Å²) in [6.45, 7) is 2.74. The van der Waals surface area contributed by atoms with Gasteiger partial charge in [0.15, 0.2) is 17.6 Å². The maximum atomic E-state index is 13.0. The van der Waals surface area contributed by atoms with E-state index in [0.717, 1.165) is 11.9 Å². The molecule has 0 aliphatic carbocycles. The molecule has 0 fully saturated rings. The number of hydrogen-bond donors (Lipinski definition) is 1. The minimum absolute atomic E-state index is 0.101. The first kappa shape index (κ1) is 19.0. The van der Waals surface area contributed by atoms with E-state index >= 15 is 0 Å². The molecule has 29 heavy (non-hydrogen) atoms. The lowest BCUT2D eigenvalue weighted by molar-refractivity contribution is -0.128. The highest BCUT2D eigenvalue weighted by Gasteiger charge is 2.33. The Balaban J connectivity index is 1.48. The summed E-state index contributed by atoms with van der Waals surface area (Å²) in [6, 6.07) is 14.8. The summed E-state index contributed by atoms with van der Waals surface area (Å²) in [4.78, 5) is 31.5. The first-order valence-electron chi connectivity index (χ1n) is 9.84. The first-order valence-corrected chi connectivity index (χ1v) is 9.84. The van der Waals surface area contributed by atoms with Crippen molar-refractivity contribution in [1.29, 1.82) is 0 Å². The number of para-hydroxylation sites is 4. The summed E-state index contributed by atoms with van der Waals surface area (Å²) in [6.07, 6.45) is 0.719. The third-order valence-corrected chi connectivity index (χ3v) is 4.81. The molecule has 7 nitrogen and oxygen atoms in total. The van der Waals surface area contributed by atoms with Crippen molar-refractivity contribution in [3.8, 4) is 5.75 Å². The van der Waals surface area contributed by atoms with Crippen molar-refractivity contribution in [2.75, 3.05) is 18.0 Å². The number of oxazole rings is 1. The molecule has 0 unspecified atom stereocenters. The lowest BCUT2D eigenvalue weighted by atomic mass is 10.1. The highest BCUT2D eigenvalue weighted by Crippen LogP contribution is 2.33. The quantitative estimate of drug-likeness (QED) is 0.696. The van der Waals surface area contributed by atoms with Crippen LogP contribution in [-0.4, -0.2) is 36.0 Å². The van der Waals surface area contributed by atoms with Gasteiger partial charge in [0.05, 0.1) is 12.2 Å². The van der Waals surface area contributed by atoms with E-state index < -0.39 is 6.10 Å². The fourth-order valence-electron chi connectivity index (χ4n) is 3.34. The van der Waals surface area contributed by atoms with Gasteiger partial charge in [-0.2, -0.15) is 0 Å². The van der Waals surface area contributed by atoms with E-state index in [1.165, 1.54) is 0 Å². The Labute approximate surface area is 168 Å². The summed E-state index contributed by atoms with van der Waals surface area (Å²) in [5.41, 5.74) is 2.16. The van der Waals surface area contributed by atoms with Gasteiger partial charge in [0, 0.05) is 19.4 Å². The second-order valence-electron chi connectivity index (χ2n) is 6.94. The molecule has 0 saturated carbocycles. The number of nitrogens with one attached hydrogen (secondary N) is 1. The van der Waals surface area contributed by atoms with E-state index in [0.29, 0.717) is 35.9 Å². The Bertz CT molecular complexity index is 997. The van der Waals surface area contributed by atoms with E-state index in [1.54, 1.807) is 11.0 Å². The average molecular weight is 393 g/mol. The van der Waals surface area contributed by atoms with Gasteiger partial charge in [0.1, 0.15) is 11.3 Å². The highest BCUT2D eigenvalue weighted by atomic mass is 16.5. The van der Waals surface area contributed by atoms with E-state index in [1.807, 2.05) is 49.4 Å². The molecule has 1 N–H and O–H groups in total. The van der Waals surface area contributed by atoms with Crippen LogP contribution >= 0.6 is 0 Å². The van der Waals surface area contributed by atoms with E-state index in [2.05, 4.69) is 10.3 Å². The lowest BCUT2D eigenvalue weighted by Crippen LogP contribution is -2.50.